The first-order valence-corrected chi connectivity index (χ1v) is 8.49. The van der Waals surface area contributed by atoms with E-state index >= 15 is 0 Å². The average Bonchev–Trinajstić information content (AvgIpc) is 3.13. The highest BCUT2D eigenvalue weighted by Gasteiger charge is 2.23. The molecule has 5 heteroatoms. The minimum absolute atomic E-state index is 0.0644. The number of rotatable bonds is 5. The number of aryl methyl sites for hydroxylation is 1. The molecule has 1 atom stereocenters. The molecule has 3 rings (SSSR count). The molecule has 0 aliphatic carbocycles. The number of carbonyl (C=O) groups excluding carboxylic acids is 2. The van der Waals surface area contributed by atoms with Crippen molar-refractivity contribution in [3.63, 3.8) is 0 Å². The first-order chi connectivity index (χ1) is 12.1. The number of anilines is 2. The summed E-state index contributed by atoms with van der Waals surface area (Å²) >= 11 is 0. The zero-order valence-electron chi connectivity index (χ0n) is 14.2. The quantitative estimate of drug-likeness (QED) is 0.879. The SMILES string of the molecule is Cc1ccccc1CC(=O)Nc1ccc(NC(=O)C2CCCO2)cc1. The van der Waals surface area contributed by atoms with Gasteiger partial charge in [0.15, 0.2) is 0 Å². The lowest BCUT2D eigenvalue weighted by atomic mass is 10.1. The predicted octanol–water partition coefficient (Wildman–Crippen LogP) is 3.29. The van der Waals surface area contributed by atoms with Gasteiger partial charge in [-0.2, -0.15) is 0 Å². The van der Waals surface area contributed by atoms with Crippen LogP contribution in [0.4, 0.5) is 11.4 Å². The Kier molecular flexibility index (Phi) is 5.46. The second-order valence-electron chi connectivity index (χ2n) is 6.22. The summed E-state index contributed by atoms with van der Waals surface area (Å²) in [5.41, 5.74) is 3.51. The first-order valence-electron chi connectivity index (χ1n) is 8.49. The summed E-state index contributed by atoms with van der Waals surface area (Å²) in [6.45, 7) is 2.64. The lowest BCUT2D eigenvalue weighted by Gasteiger charge is -2.11. The highest BCUT2D eigenvalue weighted by atomic mass is 16.5. The third kappa shape index (κ3) is 4.67. The van der Waals surface area contributed by atoms with Gasteiger partial charge in [-0.25, -0.2) is 0 Å². The highest BCUT2D eigenvalue weighted by molar-refractivity contribution is 5.95. The van der Waals surface area contributed by atoms with Crippen LogP contribution in [-0.4, -0.2) is 24.5 Å². The summed E-state index contributed by atoms with van der Waals surface area (Å²) in [4.78, 5) is 24.2. The molecule has 1 aliphatic heterocycles. The van der Waals surface area contributed by atoms with Gasteiger partial charge in [0.05, 0.1) is 6.42 Å². The fourth-order valence-corrected chi connectivity index (χ4v) is 2.83. The average molecular weight is 338 g/mol. The smallest absolute Gasteiger partial charge is 0.253 e. The lowest BCUT2D eigenvalue weighted by Crippen LogP contribution is -2.26. The van der Waals surface area contributed by atoms with E-state index in [4.69, 9.17) is 4.74 Å². The van der Waals surface area contributed by atoms with Crippen molar-refractivity contribution >= 4 is 23.2 Å². The number of hydrogen-bond acceptors (Lipinski definition) is 3. The minimum atomic E-state index is -0.353. The molecular weight excluding hydrogens is 316 g/mol. The van der Waals surface area contributed by atoms with Crippen molar-refractivity contribution < 1.29 is 14.3 Å². The molecule has 0 spiro atoms. The van der Waals surface area contributed by atoms with Gasteiger partial charge in [0, 0.05) is 18.0 Å². The molecule has 1 fully saturated rings. The van der Waals surface area contributed by atoms with Crippen molar-refractivity contribution in [1.82, 2.24) is 0 Å². The predicted molar refractivity (Wildman–Crippen MR) is 97.6 cm³/mol. The standard InChI is InChI=1S/C20H22N2O3/c1-14-5-2-3-6-15(14)13-19(23)21-16-8-10-17(11-9-16)22-20(24)18-7-4-12-25-18/h2-3,5-6,8-11,18H,4,7,12-13H2,1H3,(H,21,23)(H,22,24). The normalized spacial score (nSPS) is 16.4. The van der Waals surface area contributed by atoms with Crippen LogP contribution in [-0.2, 0) is 20.7 Å². The van der Waals surface area contributed by atoms with E-state index in [9.17, 15) is 9.59 Å². The maximum atomic E-state index is 12.2. The van der Waals surface area contributed by atoms with Gasteiger partial charge in [0.2, 0.25) is 5.91 Å². The fourth-order valence-electron chi connectivity index (χ4n) is 2.83. The van der Waals surface area contributed by atoms with Crippen LogP contribution in [0.5, 0.6) is 0 Å². The highest BCUT2D eigenvalue weighted by Crippen LogP contribution is 2.18. The van der Waals surface area contributed by atoms with E-state index in [1.54, 1.807) is 24.3 Å². The van der Waals surface area contributed by atoms with E-state index in [1.165, 1.54) is 0 Å². The Morgan fingerprint density at radius 1 is 1.04 bits per heavy atom. The van der Waals surface area contributed by atoms with E-state index in [0.717, 1.165) is 24.0 Å². The summed E-state index contributed by atoms with van der Waals surface area (Å²) in [6.07, 6.45) is 1.67. The van der Waals surface area contributed by atoms with Crippen LogP contribution >= 0.6 is 0 Å². The molecule has 0 saturated carbocycles. The van der Waals surface area contributed by atoms with Gasteiger partial charge in [-0.3, -0.25) is 9.59 Å². The van der Waals surface area contributed by atoms with Gasteiger partial charge < -0.3 is 15.4 Å². The number of amides is 2. The molecule has 2 amide bonds. The van der Waals surface area contributed by atoms with Crippen molar-refractivity contribution in [2.75, 3.05) is 17.2 Å². The zero-order chi connectivity index (χ0) is 17.6. The largest absolute Gasteiger partial charge is 0.368 e. The van der Waals surface area contributed by atoms with Gasteiger partial charge in [-0.15, -0.1) is 0 Å². The van der Waals surface area contributed by atoms with Crippen LogP contribution in [0.15, 0.2) is 48.5 Å². The number of ether oxygens (including phenoxy) is 1. The van der Waals surface area contributed by atoms with Crippen molar-refractivity contribution in [3.8, 4) is 0 Å². The Morgan fingerprint density at radius 2 is 1.72 bits per heavy atom. The van der Waals surface area contributed by atoms with Crippen LogP contribution in [0.2, 0.25) is 0 Å². The summed E-state index contributed by atoms with van der Waals surface area (Å²) in [5.74, 6) is -0.181. The molecule has 0 aromatic heterocycles. The second-order valence-corrected chi connectivity index (χ2v) is 6.22. The molecular formula is C20H22N2O3. The number of carbonyl (C=O) groups is 2. The van der Waals surface area contributed by atoms with Crippen LogP contribution in [0.25, 0.3) is 0 Å². The Labute approximate surface area is 147 Å². The summed E-state index contributed by atoms with van der Waals surface area (Å²) in [6, 6.07) is 14.9. The lowest BCUT2D eigenvalue weighted by molar-refractivity contribution is -0.124. The van der Waals surface area contributed by atoms with Crippen molar-refractivity contribution in [2.24, 2.45) is 0 Å². The Hall–Kier alpha value is -2.66. The van der Waals surface area contributed by atoms with Gasteiger partial charge in [-0.05, 0) is 55.2 Å². The number of benzene rings is 2. The van der Waals surface area contributed by atoms with Gasteiger partial charge in [0.25, 0.3) is 5.91 Å². The molecule has 25 heavy (non-hydrogen) atoms. The van der Waals surface area contributed by atoms with E-state index < -0.39 is 0 Å². The van der Waals surface area contributed by atoms with Crippen LogP contribution in [0, 0.1) is 6.92 Å². The third-order valence-corrected chi connectivity index (χ3v) is 4.27. The van der Waals surface area contributed by atoms with Crippen molar-refractivity contribution in [2.45, 2.75) is 32.3 Å². The molecule has 130 valence electrons. The van der Waals surface area contributed by atoms with Crippen molar-refractivity contribution in [1.29, 1.82) is 0 Å². The summed E-state index contributed by atoms with van der Waals surface area (Å²) < 4.78 is 5.36. The molecule has 1 aliphatic rings. The first kappa shape index (κ1) is 17.2. The monoisotopic (exact) mass is 338 g/mol. The molecule has 0 bridgehead atoms. The molecule has 5 nitrogen and oxygen atoms in total. The van der Waals surface area contributed by atoms with Gasteiger partial charge in [-0.1, -0.05) is 24.3 Å². The van der Waals surface area contributed by atoms with Crippen LogP contribution in [0.1, 0.15) is 24.0 Å². The van der Waals surface area contributed by atoms with Crippen molar-refractivity contribution in [3.05, 3.63) is 59.7 Å². The molecule has 2 N–H and O–H groups in total. The Balaban J connectivity index is 1.54. The molecule has 1 saturated heterocycles. The fraction of sp³-hybridized carbons (Fsp3) is 0.300. The molecule has 2 aromatic carbocycles. The van der Waals surface area contributed by atoms with E-state index in [2.05, 4.69) is 10.6 Å². The third-order valence-electron chi connectivity index (χ3n) is 4.27. The topological polar surface area (TPSA) is 67.4 Å². The maximum Gasteiger partial charge on any atom is 0.253 e. The van der Waals surface area contributed by atoms with E-state index in [-0.39, 0.29) is 17.9 Å². The second kappa shape index (κ2) is 7.94. The van der Waals surface area contributed by atoms with E-state index in [1.807, 2.05) is 31.2 Å². The van der Waals surface area contributed by atoms with E-state index in [0.29, 0.717) is 24.4 Å². The number of hydrogen-bond donors (Lipinski definition) is 2. The Morgan fingerprint density at radius 3 is 2.36 bits per heavy atom. The van der Waals surface area contributed by atoms with Gasteiger partial charge >= 0.3 is 0 Å². The Bertz CT molecular complexity index is 750. The molecule has 1 heterocycles. The number of nitrogens with one attached hydrogen (secondary N) is 2. The van der Waals surface area contributed by atoms with Gasteiger partial charge in [0.1, 0.15) is 6.10 Å². The van der Waals surface area contributed by atoms with Crippen LogP contribution < -0.4 is 10.6 Å². The molecule has 2 aromatic rings. The summed E-state index contributed by atoms with van der Waals surface area (Å²) in [5, 5.41) is 5.71. The van der Waals surface area contributed by atoms with Crippen LogP contribution in [0.3, 0.4) is 0 Å². The molecule has 1 unspecified atom stereocenters. The minimum Gasteiger partial charge on any atom is -0.368 e. The summed E-state index contributed by atoms with van der Waals surface area (Å²) in [7, 11) is 0. The zero-order valence-corrected chi connectivity index (χ0v) is 14.2. The maximum absolute atomic E-state index is 12.2. The molecule has 0 radical (unpaired) electrons.